The van der Waals surface area contributed by atoms with Crippen LogP contribution in [0, 0.1) is 0 Å². The zero-order valence-corrected chi connectivity index (χ0v) is 19.4. The SMILES string of the molecule is O[C@@H]1[C@H](O)[C@H](O)[C@@](COCc2ccccc2)(OCc2ccccc2)[C@H](O)[C@H]1OCc1ccccc1. The molecule has 0 aromatic heterocycles. The first-order chi connectivity index (χ1) is 17.0. The standard InChI is InChI=1S/C28H32O7/c29-23-24(30)26(31)28(35-18-22-14-8-3-9-15-22,19-33-16-20-10-4-1-5-11-20)27(32)25(23)34-17-21-12-6-2-7-13-21/h1-15,23-27,29-32H,16-19H2/t23-,24+,25+,26+,27-,28-/m1/s1. The Bertz CT molecular complexity index is 1020. The number of hydrogen-bond acceptors (Lipinski definition) is 7. The van der Waals surface area contributed by atoms with Gasteiger partial charge in [-0.1, -0.05) is 91.0 Å². The maximum Gasteiger partial charge on any atom is 0.148 e. The van der Waals surface area contributed by atoms with Gasteiger partial charge >= 0.3 is 0 Å². The maximum absolute atomic E-state index is 11.4. The molecule has 0 aliphatic heterocycles. The molecule has 1 saturated carbocycles. The van der Waals surface area contributed by atoms with E-state index in [1.165, 1.54) is 0 Å². The van der Waals surface area contributed by atoms with Crippen LogP contribution in [0.4, 0.5) is 0 Å². The van der Waals surface area contributed by atoms with E-state index in [0.717, 1.165) is 16.7 Å². The summed E-state index contributed by atoms with van der Waals surface area (Å²) >= 11 is 0. The lowest BCUT2D eigenvalue weighted by molar-refractivity contribution is -0.306. The predicted molar refractivity (Wildman–Crippen MR) is 129 cm³/mol. The van der Waals surface area contributed by atoms with Crippen LogP contribution in [0.1, 0.15) is 16.7 Å². The molecular formula is C28H32O7. The number of aliphatic hydroxyl groups is 4. The molecule has 1 aliphatic rings. The first-order valence-electron chi connectivity index (χ1n) is 11.7. The van der Waals surface area contributed by atoms with Crippen LogP contribution in [0.25, 0.3) is 0 Å². The molecule has 1 fully saturated rings. The van der Waals surface area contributed by atoms with E-state index >= 15 is 0 Å². The molecule has 0 unspecified atom stereocenters. The Kier molecular flexibility index (Phi) is 8.64. The third-order valence-electron chi connectivity index (χ3n) is 6.40. The maximum atomic E-state index is 11.4. The van der Waals surface area contributed by atoms with E-state index in [0.29, 0.717) is 0 Å². The third kappa shape index (κ3) is 5.97. The molecule has 0 saturated heterocycles. The van der Waals surface area contributed by atoms with Gasteiger partial charge in [-0.15, -0.1) is 0 Å². The molecule has 1 aliphatic carbocycles. The highest BCUT2D eigenvalue weighted by atomic mass is 16.6. The van der Waals surface area contributed by atoms with Crippen LogP contribution in [-0.2, 0) is 34.0 Å². The second kappa shape index (κ2) is 11.9. The fourth-order valence-corrected chi connectivity index (χ4v) is 4.34. The van der Waals surface area contributed by atoms with Gasteiger partial charge in [0.05, 0.1) is 26.4 Å². The average molecular weight is 481 g/mol. The van der Waals surface area contributed by atoms with Crippen molar-refractivity contribution < 1.29 is 34.6 Å². The van der Waals surface area contributed by atoms with E-state index in [-0.39, 0.29) is 26.4 Å². The summed E-state index contributed by atoms with van der Waals surface area (Å²) in [6, 6.07) is 28.1. The number of ether oxygens (including phenoxy) is 3. The fraction of sp³-hybridized carbons (Fsp3) is 0.357. The molecule has 3 aromatic carbocycles. The first-order valence-corrected chi connectivity index (χ1v) is 11.7. The topological polar surface area (TPSA) is 109 Å². The molecule has 186 valence electrons. The molecule has 35 heavy (non-hydrogen) atoms. The number of aliphatic hydroxyl groups excluding tert-OH is 4. The van der Waals surface area contributed by atoms with E-state index in [1.807, 2.05) is 91.0 Å². The fourth-order valence-electron chi connectivity index (χ4n) is 4.34. The molecule has 3 aromatic rings. The van der Waals surface area contributed by atoms with E-state index in [2.05, 4.69) is 0 Å². The largest absolute Gasteiger partial charge is 0.387 e. The summed E-state index contributed by atoms with van der Waals surface area (Å²) in [6.45, 7) is 0.136. The Hall–Kier alpha value is -2.62. The number of hydrogen-bond donors (Lipinski definition) is 4. The molecule has 4 N–H and O–H groups in total. The van der Waals surface area contributed by atoms with Crippen LogP contribution < -0.4 is 0 Å². The minimum absolute atomic E-state index is 0.0534. The second-order valence-electron chi connectivity index (χ2n) is 8.84. The van der Waals surface area contributed by atoms with Gasteiger partial charge in [-0.2, -0.15) is 0 Å². The minimum atomic E-state index is -1.75. The molecule has 0 amide bonds. The van der Waals surface area contributed by atoms with Gasteiger partial charge in [0.25, 0.3) is 0 Å². The van der Waals surface area contributed by atoms with Crippen LogP contribution in [0.3, 0.4) is 0 Å². The van der Waals surface area contributed by atoms with E-state index < -0.39 is 36.1 Å². The van der Waals surface area contributed by atoms with Crippen molar-refractivity contribution in [2.75, 3.05) is 6.61 Å². The van der Waals surface area contributed by atoms with Crippen LogP contribution in [-0.4, -0.2) is 63.2 Å². The van der Waals surface area contributed by atoms with Gasteiger partial charge in [0.2, 0.25) is 0 Å². The zero-order chi connectivity index (χ0) is 24.7. The first kappa shape index (κ1) is 25.5. The number of benzene rings is 3. The van der Waals surface area contributed by atoms with Crippen LogP contribution in [0.2, 0.25) is 0 Å². The summed E-state index contributed by atoms with van der Waals surface area (Å²) in [6.07, 6.45) is -7.46. The lowest BCUT2D eigenvalue weighted by atomic mass is 9.74. The van der Waals surface area contributed by atoms with Crippen molar-refractivity contribution in [3.63, 3.8) is 0 Å². The zero-order valence-electron chi connectivity index (χ0n) is 19.4. The lowest BCUT2D eigenvalue weighted by Crippen LogP contribution is -2.73. The van der Waals surface area contributed by atoms with Crippen molar-refractivity contribution in [1.82, 2.24) is 0 Å². The van der Waals surface area contributed by atoms with Gasteiger partial charge in [-0.05, 0) is 16.7 Å². The molecule has 0 spiro atoms. The summed E-state index contributed by atoms with van der Waals surface area (Å²) in [4.78, 5) is 0. The summed E-state index contributed by atoms with van der Waals surface area (Å²) < 4.78 is 17.9. The van der Waals surface area contributed by atoms with Crippen LogP contribution in [0.15, 0.2) is 91.0 Å². The minimum Gasteiger partial charge on any atom is -0.387 e. The molecule has 4 rings (SSSR count). The van der Waals surface area contributed by atoms with Crippen molar-refractivity contribution in [2.24, 2.45) is 0 Å². The van der Waals surface area contributed by atoms with Crippen molar-refractivity contribution in [1.29, 1.82) is 0 Å². The molecule has 0 bridgehead atoms. The van der Waals surface area contributed by atoms with Crippen LogP contribution >= 0.6 is 0 Å². The Balaban J connectivity index is 1.57. The predicted octanol–water partition coefficient (Wildman–Crippen LogP) is 2.20. The van der Waals surface area contributed by atoms with Crippen molar-refractivity contribution in [2.45, 2.75) is 55.9 Å². The molecule has 7 heteroatoms. The van der Waals surface area contributed by atoms with Crippen molar-refractivity contribution in [3.05, 3.63) is 108 Å². The normalized spacial score (nSPS) is 28.6. The molecular weight excluding hydrogens is 448 g/mol. The van der Waals surface area contributed by atoms with E-state index in [1.54, 1.807) is 0 Å². The van der Waals surface area contributed by atoms with Gasteiger partial charge in [0.15, 0.2) is 0 Å². The summed E-state index contributed by atoms with van der Waals surface area (Å²) in [5, 5.41) is 43.9. The summed E-state index contributed by atoms with van der Waals surface area (Å²) in [5.41, 5.74) is 0.813. The second-order valence-corrected chi connectivity index (χ2v) is 8.84. The molecule has 7 nitrogen and oxygen atoms in total. The smallest absolute Gasteiger partial charge is 0.148 e. The summed E-state index contributed by atoms with van der Waals surface area (Å²) in [7, 11) is 0. The Morgan fingerprint density at radius 1 is 0.571 bits per heavy atom. The van der Waals surface area contributed by atoms with Crippen molar-refractivity contribution in [3.8, 4) is 0 Å². The van der Waals surface area contributed by atoms with Gasteiger partial charge in [-0.25, -0.2) is 0 Å². The van der Waals surface area contributed by atoms with Crippen molar-refractivity contribution >= 4 is 0 Å². The quantitative estimate of drug-likeness (QED) is 0.352. The molecule has 6 atom stereocenters. The van der Waals surface area contributed by atoms with Gasteiger partial charge in [-0.3, -0.25) is 0 Å². The highest BCUT2D eigenvalue weighted by molar-refractivity contribution is 5.17. The third-order valence-corrected chi connectivity index (χ3v) is 6.40. The highest BCUT2D eigenvalue weighted by Crippen LogP contribution is 2.36. The Morgan fingerprint density at radius 2 is 1.06 bits per heavy atom. The van der Waals surface area contributed by atoms with Crippen LogP contribution in [0.5, 0.6) is 0 Å². The Labute approximate surface area is 205 Å². The summed E-state index contributed by atoms with van der Waals surface area (Å²) in [5.74, 6) is 0. The average Bonchev–Trinajstić information content (AvgIpc) is 2.91. The van der Waals surface area contributed by atoms with E-state index in [9.17, 15) is 20.4 Å². The molecule has 0 heterocycles. The van der Waals surface area contributed by atoms with Gasteiger partial charge in [0.1, 0.15) is 36.1 Å². The lowest BCUT2D eigenvalue weighted by Gasteiger charge is -2.51. The monoisotopic (exact) mass is 480 g/mol. The number of rotatable bonds is 10. The molecule has 0 radical (unpaired) electrons. The Morgan fingerprint density at radius 3 is 1.60 bits per heavy atom. The highest BCUT2D eigenvalue weighted by Gasteiger charge is 2.60. The van der Waals surface area contributed by atoms with E-state index in [4.69, 9.17) is 14.2 Å². The van der Waals surface area contributed by atoms with Gasteiger partial charge in [0, 0.05) is 0 Å². The van der Waals surface area contributed by atoms with Gasteiger partial charge < -0.3 is 34.6 Å².